The predicted molar refractivity (Wildman–Crippen MR) is 108 cm³/mol. The van der Waals surface area contributed by atoms with Crippen molar-refractivity contribution in [3.8, 4) is 11.5 Å². The molecule has 1 aromatic rings. The summed E-state index contributed by atoms with van der Waals surface area (Å²) in [7, 11) is 0. The number of carbonyl (C=O) groups excluding carboxylic acids is 1. The van der Waals surface area contributed by atoms with E-state index in [1.54, 1.807) is 6.07 Å². The highest BCUT2D eigenvalue weighted by atomic mass is 16.5. The molecule has 1 spiro atoms. The van der Waals surface area contributed by atoms with Gasteiger partial charge in [0.15, 0.2) is 23.4 Å². The van der Waals surface area contributed by atoms with Crippen molar-refractivity contribution in [3.05, 3.63) is 23.3 Å². The second-order valence-electron chi connectivity index (χ2n) is 9.88. The van der Waals surface area contributed by atoms with Crippen LogP contribution in [0, 0.1) is 5.92 Å². The summed E-state index contributed by atoms with van der Waals surface area (Å²) in [6.45, 7) is 5.06. The van der Waals surface area contributed by atoms with Crippen LogP contribution in [0.2, 0.25) is 0 Å². The van der Waals surface area contributed by atoms with Crippen LogP contribution in [-0.4, -0.2) is 53.2 Å². The van der Waals surface area contributed by atoms with Gasteiger partial charge in [-0.15, -0.1) is 0 Å². The molecule has 4 atom stereocenters. The number of ether oxygens (including phenoxy) is 2. The van der Waals surface area contributed by atoms with Crippen molar-refractivity contribution in [1.82, 2.24) is 4.90 Å². The van der Waals surface area contributed by atoms with Crippen molar-refractivity contribution in [1.29, 1.82) is 0 Å². The van der Waals surface area contributed by atoms with Gasteiger partial charge in [0, 0.05) is 31.2 Å². The molecule has 29 heavy (non-hydrogen) atoms. The van der Waals surface area contributed by atoms with Crippen LogP contribution in [0.4, 0.5) is 0 Å². The fraction of sp³-hybridized carbons (Fsp3) is 0.708. The van der Waals surface area contributed by atoms with Gasteiger partial charge in [0.2, 0.25) is 0 Å². The number of aromatic hydroxyl groups is 1. The van der Waals surface area contributed by atoms with E-state index in [0.717, 1.165) is 63.3 Å². The highest BCUT2D eigenvalue weighted by molar-refractivity contribution is 5.90. The zero-order valence-electron chi connectivity index (χ0n) is 17.3. The Kier molecular flexibility index (Phi) is 3.90. The first kappa shape index (κ1) is 18.2. The van der Waals surface area contributed by atoms with Gasteiger partial charge in [-0.1, -0.05) is 19.4 Å². The van der Waals surface area contributed by atoms with Gasteiger partial charge in [-0.2, -0.15) is 0 Å². The monoisotopic (exact) mass is 397 g/mol. The van der Waals surface area contributed by atoms with E-state index in [1.165, 1.54) is 18.4 Å². The van der Waals surface area contributed by atoms with Crippen LogP contribution >= 0.6 is 0 Å². The van der Waals surface area contributed by atoms with Gasteiger partial charge in [-0.05, 0) is 62.6 Å². The van der Waals surface area contributed by atoms with Gasteiger partial charge in [-0.25, -0.2) is 0 Å². The molecule has 2 aliphatic heterocycles. The van der Waals surface area contributed by atoms with E-state index in [4.69, 9.17) is 9.47 Å². The minimum Gasteiger partial charge on any atom is -0.504 e. The van der Waals surface area contributed by atoms with E-state index >= 15 is 0 Å². The Bertz CT molecular complexity index is 865. The van der Waals surface area contributed by atoms with Gasteiger partial charge >= 0.3 is 0 Å². The lowest BCUT2D eigenvalue weighted by Crippen LogP contribution is -2.77. The topological polar surface area (TPSA) is 59.0 Å². The molecule has 3 aliphatic carbocycles. The second kappa shape index (κ2) is 6.21. The molecule has 1 unspecified atom stereocenters. The molecule has 5 aliphatic rings. The first-order chi connectivity index (χ1) is 14.1. The summed E-state index contributed by atoms with van der Waals surface area (Å²) in [6, 6.07) is 4.10. The summed E-state index contributed by atoms with van der Waals surface area (Å²) in [5, 5.41) is 10.6. The molecule has 2 heterocycles. The molecule has 5 heteroatoms. The number of Topliss-reactive ketones (excluding diaryl/α,β-unsaturated/α-hetero) is 1. The fourth-order valence-electron chi connectivity index (χ4n) is 6.93. The highest BCUT2D eigenvalue weighted by Gasteiger charge is 2.74. The number of nitrogens with zero attached hydrogens (tertiary/aromatic N) is 1. The van der Waals surface area contributed by atoms with Gasteiger partial charge < -0.3 is 14.6 Å². The van der Waals surface area contributed by atoms with Crippen LogP contribution in [0.1, 0.15) is 63.0 Å². The molecule has 0 radical (unpaired) electrons. The number of ketones is 1. The van der Waals surface area contributed by atoms with E-state index in [2.05, 4.69) is 17.9 Å². The number of phenolic OH excluding ortho intramolecular Hbond substituents is 1. The third-order valence-corrected chi connectivity index (χ3v) is 8.38. The van der Waals surface area contributed by atoms with E-state index in [0.29, 0.717) is 12.2 Å². The molecule has 6 rings (SSSR count). The summed E-state index contributed by atoms with van der Waals surface area (Å²) in [5.41, 5.74) is 1.51. The van der Waals surface area contributed by atoms with Crippen LogP contribution in [0.15, 0.2) is 12.1 Å². The first-order valence-electron chi connectivity index (χ1n) is 11.5. The molecule has 0 aromatic heterocycles. The average molecular weight is 398 g/mol. The number of hydrogen-bond donors (Lipinski definition) is 1. The third-order valence-electron chi connectivity index (χ3n) is 8.38. The van der Waals surface area contributed by atoms with Crippen molar-refractivity contribution in [2.45, 2.75) is 81.5 Å². The lowest BCUT2D eigenvalue weighted by molar-refractivity contribution is -0.214. The zero-order valence-corrected chi connectivity index (χ0v) is 17.3. The molecule has 1 saturated heterocycles. The number of benzene rings is 1. The standard InChI is InChI=1S/C24H31NO4/c1-2-3-12-28-24-9-8-18(27)22-23(24)10-11-25(14-15-4-5-15)19(24)13-16-6-7-17(26)21(29-22)20(16)23/h6-7,15,19,22,26H,2-5,8-14H2,1H3/t19-,22?,23+,24-/m1/s1. The minimum atomic E-state index is -0.509. The third kappa shape index (κ3) is 2.26. The maximum atomic E-state index is 13.1. The van der Waals surface area contributed by atoms with Gasteiger partial charge in [0.1, 0.15) is 0 Å². The van der Waals surface area contributed by atoms with Crippen molar-refractivity contribution in [2.24, 2.45) is 5.92 Å². The van der Waals surface area contributed by atoms with E-state index < -0.39 is 11.5 Å². The van der Waals surface area contributed by atoms with Crippen LogP contribution in [-0.2, 0) is 21.4 Å². The zero-order chi connectivity index (χ0) is 19.8. The predicted octanol–water partition coefficient (Wildman–Crippen LogP) is 3.35. The minimum absolute atomic E-state index is 0.168. The van der Waals surface area contributed by atoms with E-state index in [1.807, 2.05) is 0 Å². The number of piperidine rings is 1. The molecule has 1 aromatic carbocycles. The van der Waals surface area contributed by atoms with E-state index in [9.17, 15) is 9.90 Å². The summed E-state index contributed by atoms with van der Waals surface area (Å²) in [5.74, 6) is 1.73. The fourth-order valence-corrected chi connectivity index (χ4v) is 6.93. The molecular weight excluding hydrogens is 366 g/mol. The molecule has 5 nitrogen and oxygen atoms in total. The molecule has 156 valence electrons. The smallest absolute Gasteiger partial charge is 0.174 e. The van der Waals surface area contributed by atoms with Crippen LogP contribution in [0.3, 0.4) is 0 Å². The Morgan fingerprint density at radius 3 is 2.97 bits per heavy atom. The summed E-state index contributed by atoms with van der Waals surface area (Å²) in [6.07, 6.45) is 7.40. The Morgan fingerprint density at radius 2 is 2.17 bits per heavy atom. The molecule has 1 N–H and O–H groups in total. The van der Waals surface area contributed by atoms with E-state index in [-0.39, 0.29) is 23.2 Å². The van der Waals surface area contributed by atoms with Gasteiger partial charge in [0.25, 0.3) is 0 Å². The molecule has 2 bridgehead atoms. The first-order valence-corrected chi connectivity index (χ1v) is 11.5. The molecular formula is C24H31NO4. The summed E-state index contributed by atoms with van der Waals surface area (Å²) >= 11 is 0. The number of likely N-dealkylation sites (tertiary alicyclic amines) is 1. The van der Waals surface area contributed by atoms with Gasteiger partial charge in [-0.3, -0.25) is 9.69 Å². The maximum absolute atomic E-state index is 13.1. The summed E-state index contributed by atoms with van der Waals surface area (Å²) < 4.78 is 13.2. The molecule has 3 fully saturated rings. The lowest BCUT2D eigenvalue weighted by Gasteiger charge is -2.64. The number of rotatable bonds is 6. The number of carbonyl (C=O) groups is 1. The van der Waals surface area contributed by atoms with Crippen LogP contribution in [0.5, 0.6) is 11.5 Å². The lowest BCUT2D eigenvalue weighted by atomic mass is 9.48. The Hall–Kier alpha value is -1.59. The number of hydrogen-bond acceptors (Lipinski definition) is 5. The molecule has 2 saturated carbocycles. The highest BCUT2D eigenvalue weighted by Crippen LogP contribution is 2.66. The summed E-state index contributed by atoms with van der Waals surface area (Å²) in [4.78, 5) is 15.8. The normalized spacial score (nSPS) is 37.3. The quantitative estimate of drug-likeness (QED) is 0.746. The largest absolute Gasteiger partial charge is 0.504 e. The van der Waals surface area contributed by atoms with Crippen LogP contribution < -0.4 is 4.74 Å². The number of unbranched alkanes of at least 4 members (excludes halogenated alkanes) is 1. The number of phenols is 1. The van der Waals surface area contributed by atoms with Crippen molar-refractivity contribution in [3.63, 3.8) is 0 Å². The van der Waals surface area contributed by atoms with Crippen molar-refractivity contribution in [2.75, 3.05) is 19.7 Å². The Balaban J connectivity index is 1.54. The SMILES string of the molecule is CCCCO[C@@]12CCC(=O)C3Oc4c(O)ccc5c4[C@@]31CCN(CC1CC1)[C@@H]2C5. The Labute approximate surface area is 172 Å². The maximum Gasteiger partial charge on any atom is 0.174 e. The van der Waals surface area contributed by atoms with Crippen LogP contribution in [0.25, 0.3) is 0 Å². The Morgan fingerprint density at radius 1 is 1.31 bits per heavy atom. The molecule has 0 amide bonds. The van der Waals surface area contributed by atoms with Crippen molar-refractivity contribution < 1.29 is 19.4 Å². The average Bonchev–Trinajstić information content (AvgIpc) is 3.45. The second-order valence-corrected chi connectivity index (χ2v) is 9.88. The van der Waals surface area contributed by atoms with Crippen molar-refractivity contribution >= 4 is 5.78 Å². The van der Waals surface area contributed by atoms with Gasteiger partial charge in [0.05, 0.1) is 11.0 Å².